The first-order chi connectivity index (χ1) is 7.11. The second-order valence-electron chi connectivity index (χ2n) is 3.48. The fraction of sp³-hybridized carbons (Fsp3) is 0.778. The van der Waals surface area contributed by atoms with Gasteiger partial charge in [-0.05, 0) is 24.4 Å². The first kappa shape index (κ1) is 12.1. The van der Waals surface area contributed by atoms with Crippen molar-refractivity contribution in [1.29, 1.82) is 0 Å². The minimum Gasteiger partial charge on any atom is -0.448 e. The van der Waals surface area contributed by atoms with Crippen molar-refractivity contribution in [2.24, 2.45) is 0 Å². The summed E-state index contributed by atoms with van der Waals surface area (Å²) in [6, 6.07) is 0. The lowest BCUT2D eigenvalue weighted by atomic mass is 10.4. The van der Waals surface area contributed by atoms with E-state index in [2.05, 4.69) is 0 Å². The van der Waals surface area contributed by atoms with Gasteiger partial charge in [0.15, 0.2) is 0 Å². The second kappa shape index (κ2) is 5.80. The number of carbonyl (C=O) groups is 2. The molecule has 86 valence electrons. The van der Waals surface area contributed by atoms with Gasteiger partial charge in [0.1, 0.15) is 6.61 Å². The van der Waals surface area contributed by atoms with Gasteiger partial charge in [-0.25, -0.2) is 4.79 Å². The van der Waals surface area contributed by atoms with Crippen molar-refractivity contribution in [3.63, 3.8) is 0 Å². The predicted molar refractivity (Wildman–Crippen MR) is 56.0 cm³/mol. The van der Waals surface area contributed by atoms with Crippen molar-refractivity contribution in [2.75, 3.05) is 33.3 Å². The van der Waals surface area contributed by atoms with Crippen molar-refractivity contribution in [3.8, 4) is 0 Å². The van der Waals surface area contributed by atoms with E-state index in [1.807, 2.05) is 0 Å². The fourth-order valence-corrected chi connectivity index (χ4v) is 1.43. The van der Waals surface area contributed by atoms with Crippen LogP contribution in [0.3, 0.4) is 0 Å². The summed E-state index contributed by atoms with van der Waals surface area (Å²) in [5.74, 6) is 0. The van der Waals surface area contributed by atoms with Crippen LogP contribution in [0.5, 0.6) is 0 Å². The van der Waals surface area contributed by atoms with Gasteiger partial charge in [0.2, 0.25) is 0 Å². The van der Waals surface area contributed by atoms with Gasteiger partial charge in [-0.3, -0.25) is 4.79 Å². The van der Waals surface area contributed by atoms with Gasteiger partial charge >= 0.3 is 11.5 Å². The molecule has 0 spiro atoms. The second-order valence-corrected chi connectivity index (χ2v) is 3.81. The summed E-state index contributed by atoms with van der Waals surface area (Å²) in [6.07, 6.45) is 1.77. The Morgan fingerprint density at radius 1 is 1.40 bits per heavy atom. The summed E-state index contributed by atoms with van der Waals surface area (Å²) in [4.78, 5) is 24.9. The molecule has 1 rings (SSSR count). The number of nitrogens with zero attached hydrogens (tertiary/aromatic N) is 2. The molecular weight excluding hydrogens is 220 g/mol. The van der Waals surface area contributed by atoms with Gasteiger partial charge in [0.25, 0.3) is 0 Å². The number of amides is 2. The Labute approximate surface area is 93.9 Å². The van der Waals surface area contributed by atoms with Crippen LogP contribution in [-0.4, -0.2) is 54.5 Å². The summed E-state index contributed by atoms with van der Waals surface area (Å²) in [5, 5.41) is -0.549. The van der Waals surface area contributed by atoms with Crippen LogP contribution in [0.15, 0.2) is 0 Å². The maximum atomic E-state index is 11.4. The number of hydrogen-bond donors (Lipinski definition) is 0. The van der Waals surface area contributed by atoms with Gasteiger partial charge < -0.3 is 14.5 Å². The monoisotopic (exact) mass is 234 g/mol. The summed E-state index contributed by atoms with van der Waals surface area (Å²) in [5.41, 5.74) is 0. The molecule has 15 heavy (non-hydrogen) atoms. The van der Waals surface area contributed by atoms with Crippen LogP contribution in [0, 0.1) is 0 Å². The minimum atomic E-state index is -0.549. The van der Waals surface area contributed by atoms with Crippen molar-refractivity contribution >= 4 is 23.1 Å². The third-order valence-corrected chi connectivity index (χ3v) is 2.61. The number of halogens is 1. The molecule has 0 aromatic carbocycles. The molecule has 0 atom stereocenters. The SMILES string of the molecule is CN(CCOC(=O)N1CCCC1)C(=O)Cl. The fourth-order valence-electron chi connectivity index (χ4n) is 1.35. The average molecular weight is 235 g/mol. The predicted octanol–water partition coefficient (Wildman–Crippen LogP) is 1.51. The molecule has 1 heterocycles. The van der Waals surface area contributed by atoms with Crippen LogP contribution in [0.2, 0.25) is 0 Å². The van der Waals surface area contributed by atoms with Crippen LogP contribution >= 0.6 is 11.6 Å². The number of ether oxygens (including phenoxy) is 1. The molecule has 1 fully saturated rings. The van der Waals surface area contributed by atoms with Crippen molar-refractivity contribution < 1.29 is 14.3 Å². The lowest BCUT2D eigenvalue weighted by Gasteiger charge is -2.17. The van der Waals surface area contributed by atoms with Crippen LogP contribution < -0.4 is 0 Å². The summed E-state index contributed by atoms with van der Waals surface area (Å²) in [7, 11) is 1.55. The summed E-state index contributed by atoms with van der Waals surface area (Å²) >= 11 is 5.21. The standard InChI is InChI=1S/C9H15ClN2O3/c1-11(8(10)13)6-7-15-9(14)12-4-2-3-5-12/h2-7H2,1H3. The smallest absolute Gasteiger partial charge is 0.409 e. The highest BCUT2D eigenvalue weighted by atomic mass is 35.5. The number of carbonyl (C=O) groups excluding carboxylic acids is 2. The third kappa shape index (κ3) is 3.95. The van der Waals surface area contributed by atoms with Gasteiger partial charge in [0.05, 0.1) is 6.54 Å². The highest BCUT2D eigenvalue weighted by Crippen LogP contribution is 2.08. The quantitative estimate of drug-likeness (QED) is 0.549. The van der Waals surface area contributed by atoms with Crippen LogP contribution in [0.4, 0.5) is 9.59 Å². The molecule has 0 aromatic heterocycles. The van der Waals surface area contributed by atoms with E-state index in [0.717, 1.165) is 25.9 Å². The van der Waals surface area contributed by atoms with E-state index in [1.54, 1.807) is 11.9 Å². The number of rotatable bonds is 3. The van der Waals surface area contributed by atoms with Crippen molar-refractivity contribution in [1.82, 2.24) is 9.80 Å². The molecule has 0 unspecified atom stereocenters. The largest absolute Gasteiger partial charge is 0.448 e. The molecule has 0 saturated carbocycles. The zero-order valence-corrected chi connectivity index (χ0v) is 9.50. The topological polar surface area (TPSA) is 49.9 Å². The van der Waals surface area contributed by atoms with E-state index in [1.165, 1.54) is 4.90 Å². The van der Waals surface area contributed by atoms with E-state index in [9.17, 15) is 9.59 Å². The first-order valence-electron chi connectivity index (χ1n) is 4.93. The molecule has 5 nitrogen and oxygen atoms in total. The van der Waals surface area contributed by atoms with Gasteiger partial charge in [-0.1, -0.05) is 0 Å². The van der Waals surface area contributed by atoms with Crippen molar-refractivity contribution in [2.45, 2.75) is 12.8 Å². The van der Waals surface area contributed by atoms with Gasteiger partial charge in [0, 0.05) is 20.1 Å². The third-order valence-electron chi connectivity index (χ3n) is 2.32. The minimum absolute atomic E-state index is 0.185. The Balaban J connectivity index is 2.14. The number of likely N-dealkylation sites (N-methyl/N-ethyl adjacent to an activating group) is 1. The Morgan fingerprint density at radius 2 is 2.00 bits per heavy atom. The molecule has 0 aromatic rings. The zero-order chi connectivity index (χ0) is 11.3. The Kier molecular flexibility index (Phi) is 4.68. The average Bonchev–Trinajstić information content (AvgIpc) is 2.70. The van der Waals surface area contributed by atoms with E-state index in [4.69, 9.17) is 16.3 Å². The lowest BCUT2D eigenvalue weighted by molar-refractivity contribution is 0.104. The molecule has 1 aliphatic heterocycles. The molecule has 1 saturated heterocycles. The summed E-state index contributed by atoms with van der Waals surface area (Å²) < 4.78 is 4.98. The molecule has 0 aliphatic carbocycles. The first-order valence-corrected chi connectivity index (χ1v) is 5.31. The van der Waals surface area contributed by atoms with E-state index in [0.29, 0.717) is 6.54 Å². The maximum Gasteiger partial charge on any atom is 0.409 e. The van der Waals surface area contributed by atoms with Gasteiger partial charge in [-0.15, -0.1) is 0 Å². The zero-order valence-electron chi connectivity index (χ0n) is 8.74. The Hall–Kier alpha value is -0.970. The molecule has 6 heteroatoms. The van der Waals surface area contributed by atoms with Crippen LogP contribution in [0.1, 0.15) is 12.8 Å². The molecule has 0 bridgehead atoms. The van der Waals surface area contributed by atoms with Crippen LogP contribution in [-0.2, 0) is 4.74 Å². The maximum absolute atomic E-state index is 11.4. The molecule has 2 amide bonds. The highest BCUT2D eigenvalue weighted by Gasteiger charge is 2.19. The Bertz CT molecular complexity index is 242. The normalized spacial score (nSPS) is 15.2. The molecule has 1 aliphatic rings. The van der Waals surface area contributed by atoms with Crippen molar-refractivity contribution in [3.05, 3.63) is 0 Å². The molecule has 0 N–H and O–H groups in total. The van der Waals surface area contributed by atoms with E-state index < -0.39 is 5.37 Å². The van der Waals surface area contributed by atoms with E-state index in [-0.39, 0.29) is 12.7 Å². The summed E-state index contributed by atoms with van der Waals surface area (Å²) in [6.45, 7) is 2.04. The molecular formula is C9H15ClN2O3. The van der Waals surface area contributed by atoms with Gasteiger partial charge in [-0.2, -0.15) is 0 Å². The molecule has 0 radical (unpaired) electrons. The highest BCUT2D eigenvalue weighted by molar-refractivity contribution is 6.62. The number of hydrogen-bond acceptors (Lipinski definition) is 3. The Morgan fingerprint density at radius 3 is 2.53 bits per heavy atom. The van der Waals surface area contributed by atoms with E-state index >= 15 is 0 Å². The number of likely N-dealkylation sites (tertiary alicyclic amines) is 1. The van der Waals surface area contributed by atoms with Crippen LogP contribution in [0.25, 0.3) is 0 Å². The lowest BCUT2D eigenvalue weighted by Crippen LogP contribution is -2.32.